The van der Waals surface area contributed by atoms with Crippen LogP contribution in [0.15, 0.2) is 52.8 Å². The van der Waals surface area contributed by atoms with E-state index in [-0.39, 0.29) is 5.75 Å². The number of phenolic OH excluding ortho intramolecular Hbond substituents is 1. The minimum Gasteiger partial charge on any atom is -0.508 e. The van der Waals surface area contributed by atoms with Gasteiger partial charge in [-0.15, -0.1) is 0 Å². The quantitative estimate of drug-likeness (QED) is 0.815. The third-order valence-corrected chi connectivity index (χ3v) is 2.53. The molecule has 0 saturated heterocycles. The summed E-state index contributed by atoms with van der Waals surface area (Å²) in [5.74, 6) is 0.270. The van der Waals surface area contributed by atoms with Gasteiger partial charge in [0.2, 0.25) is 0 Å². The number of nitrogens with zero attached hydrogens (tertiary/aromatic N) is 2. The van der Waals surface area contributed by atoms with Gasteiger partial charge in [0.25, 0.3) is 0 Å². The van der Waals surface area contributed by atoms with E-state index in [9.17, 15) is 5.11 Å². The molecule has 0 fully saturated rings. The second-order valence-corrected chi connectivity index (χ2v) is 3.82. The molecule has 3 nitrogen and oxygen atoms in total. The average molecular weight is 204 g/mol. The van der Waals surface area contributed by atoms with Gasteiger partial charge in [-0.25, -0.2) is 9.97 Å². The number of hydrogen-bond donors (Lipinski definition) is 1. The largest absolute Gasteiger partial charge is 0.508 e. The Morgan fingerprint density at radius 3 is 2.57 bits per heavy atom. The standard InChI is InChI=1S/C10H8N2OS/c13-8-2-1-3-9(4-8)14-10-5-11-7-12-6-10/h1-7,13H. The number of aromatic hydroxyl groups is 1. The van der Waals surface area contributed by atoms with E-state index in [0.29, 0.717) is 0 Å². The summed E-state index contributed by atoms with van der Waals surface area (Å²) in [6.45, 7) is 0. The van der Waals surface area contributed by atoms with E-state index in [1.54, 1.807) is 24.5 Å². The molecule has 0 saturated carbocycles. The Morgan fingerprint density at radius 2 is 1.86 bits per heavy atom. The monoisotopic (exact) mass is 204 g/mol. The zero-order valence-electron chi connectivity index (χ0n) is 7.29. The molecular weight excluding hydrogens is 196 g/mol. The first-order valence-corrected chi connectivity index (χ1v) is 4.88. The molecule has 1 aromatic carbocycles. The zero-order chi connectivity index (χ0) is 9.80. The van der Waals surface area contributed by atoms with Crippen LogP contribution in [-0.2, 0) is 0 Å². The van der Waals surface area contributed by atoms with Gasteiger partial charge in [0.15, 0.2) is 0 Å². The summed E-state index contributed by atoms with van der Waals surface area (Å²) in [5.41, 5.74) is 0. The lowest BCUT2D eigenvalue weighted by Crippen LogP contribution is -1.78. The van der Waals surface area contributed by atoms with Crippen LogP contribution in [0, 0.1) is 0 Å². The van der Waals surface area contributed by atoms with Crippen LogP contribution < -0.4 is 0 Å². The molecule has 2 rings (SSSR count). The maximum Gasteiger partial charge on any atom is 0.116 e. The summed E-state index contributed by atoms with van der Waals surface area (Å²) in [7, 11) is 0. The lowest BCUT2D eigenvalue weighted by Gasteiger charge is -2.00. The first kappa shape index (κ1) is 9.02. The summed E-state index contributed by atoms with van der Waals surface area (Å²) >= 11 is 1.52. The van der Waals surface area contributed by atoms with Gasteiger partial charge in [-0.2, -0.15) is 0 Å². The second kappa shape index (κ2) is 4.11. The Labute approximate surface area is 85.8 Å². The summed E-state index contributed by atoms with van der Waals surface area (Å²) in [6.07, 6.45) is 4.97. The number of aromatic nitrogens is 2. The van der Waals surface area contributed by atoms with Crippen LogP contribution in [-0.4, -0.2) is 15.1 Å². The Balaban J connectivity index is 2.19. The van der Waals surface area contributed by atoms with Crippen LogP contribution in [0.5, 0.6) is 5.75 Å². The van der Waals surface area contributed by atoms with Gasteiger partial charge in [0, 0.05) is 22.2 Å². The Bertz CT molecular complexity index is 419. The number of rotatable bonds is 2. The van der Waals surface area contributed by atoms with Crippen molar-refractivity contribution in [1.29, 1.82) is 0 Å². The van der Waals surface area contributed by atoms with Crippen molar-refractivity contribution in [3.63, 3.8) is 0 Å². The highest BCUT2D eigenvalue weighted by atomic mass is 32.2. The van der Waals surface area contributed by atoms with Crippen molar-refractivity contribution in [2.75, 3.05) is 0 Å². The minimum absolute atomic E-state index is 0.270. The molecule has 0 aliphatic carbocycles. The highest BCUT2D eigenvalue weighted by Gasteiger charge is 1.97. The van der Waals surface area contributed by atoms with Crippen LogP contribution in [0.3, 0.4) is 0 Å². The first-order chi connectivity index (χ1) is 6.84. The van der Waals surface area contributed by atoms with Crippen molar-refractivity contribution in [1.82, 2.24) is 9.97 Å². The molecule has 0 atom stereocenters. The van der Waals surface area contributed by atoms with Crippen molar-refractivity contribution >= 4 is 11.8 Å². The fraction of sp³-hybridized carbons (Fsp3) is 0. The van der Waals surface area contributed by atoms with Crippen LogP contribution in [0.2, 0.25) is 0 Å². The minimum atomic E-state index is 0.270. The molecule has 0 amide bonds. The lowest BCUT2D eigenvalue weighted by molar-refractivity contribution is 0.474. The van der Waals surface area contributed by atoms with E-state index in [1.807, 2.05) is 12.1 Å². The molecule has 1 aromatic heterocycles. The van der Waals surface area contributed by atoms with Gasteiger partial charge >= 0.3 is 0 Å². The normalized spacial score (nSPS) is 10.0. The van der Waals surface area contributed by atoms with Gasteiger partial charge in [0.1, 0.15) is 12.1 Å². The van der Waals surface area contributed by atoms with Gasteiger partial charge in [0.05, 0.1) is 0 Å². The van der Waals surface area contributed by atoms with E-state index in [1.165, 1.54) is 18.1 Å². The Hall–Kier alpha value is -1.55. The van der Waals surface area contributed by atoms with Crippen molar-refractivity contribution in [2.24, 2.45) is 0 Å². The van der Waals surface area contributed by atoms with Gasteiger partial charge in [-0.05, 0) is 18.2 Å². The third-order valence-electron chi connectivity index (χ3n) is 1.59. The molecule has 1 heterocycles. The Kier molecular flexibility index (Phi) is 2.65. The summed E-state index contributed by atoms with van der Waals surface area (Å²) in [6, 6.07) is 7.09. The summed E-state index contributed by atoms with van der Waals surface area (Å²) in [5, 5.41) is 9.25. The van der Waals surface area contributed by atoms with Gasteiger partial charge < -0.3 is 5.11 Å². The molecule has 0 aliphatic rings. The summed E-state index contributed by atoms with van der Waals surface area (Å²) in [4.78, 5) is 9.75. The molecule has 14 heavy (non-hydrogen) atoms. The third kappa shape index (κ3) is 2.23. The second-order valence-electron chi connectivity index (χ2n) is 2.67. The van der Waals surface area contributed by atoms with Crippen LogP contribution in [0.25, 0.3) is 0 Å². The molecule has 4 heteroatoms. The molecule has 0 radical (unpaired) electrons. The molecule has 0 spiro atoms. The van der Waals surface area contributed by atoms with E-state index in [2.05, 4.69) is 9.97 Å². The van der Waals surface area contributed by atoms with Crippen LogP contribution in [0.1, 0.15) is 0 Å². The average Bonchev–Trinajstić information content (AvgIpc) is 2.19. The van der Waals surface area contributed by atoms with Crippen molar-refractivity contribution in [3.05, 3.63) is 43.0 Å². The SMILES string of the molecule is Oc1cccc(Sc2cncnc2)c1. The molecular formula is C10H8N2OS. The number of phenols is 1. The first-order valence-electron chi connectivity index (χ1n) is 4.06. The predicted molar refractivity (Wildman–Crippen MR) is 54.3 cm³/mol. The molecule has 2 aromatic rings. The maximum absolute atomic E-state index is 9.25. The Morgan fingerprint density at radius 1 is 1.07 bits per heavy atom. The fourth-order valence-corrected chi connectivity index (χ4v) is 1.85. The lowest BCUT2D eigenvalue weighted by atomic mass is 10.3. The number of hydrogen-bond acceptors (Lipinski definition) is 4. The van der Waals surface area contributed by atoms with Crippen LogP contribution in [0.4, 0.5) is 0 Å². The van der Waals surface area contributed by atoms with E-state index < -0.39 is 0 Å². The van der Waals surface area contributed by atoms with Crippen molar-refractivity contribution in [2.45, 2.75) is 9.79 Å². The fourth-order valence-electron chi connectivity index (χ4n) is 1.02. The van der Waals surface area contributed by atoms with Crippen LogP contribution >= 0.6 is 11.8 Å². The van der Waals surface area contributed by atoms with Crippen molar-refractivity contribution < 1.29 is 5.11 Å². The van der Waals surface area contributed by atoms with E-state index in [0.717, 1.165) is 9.79 Å². The zero-order valence-corrected chi connectivity index (χ0v) is 8.11. The topological polar surface area (TPSA) is 46.0 Å². The van der Waals surface area contributed by atoms with Crippen molar-refractivity contribution in [3.8, 4) is 5.75 Å². The van der Waals surface area contributed by atoms with Gasteiger partial charge in [-0.3, -0.25) is 0 Å². The molecule has 0 aliphatic heterocycles. The predicted octanol–water partition coefficient (Wildman–Crippen LogP) is 2.33. The number of benzene rings is 1. The molecule has 0 unspecified atom stereocenters. The molecule has 70 valence electrons. The highest BCUT2D eigenvalue weighted by molar-refractivity contribution is 7.99. The van der Waals surface area contributed by atoms with E-state index in [4.69, 9.17) is 0 Å². The smallest absolute Gasteiger partial charge is 0.116 e. The van der Waals surface area contributed by atoms with Gasteiger partial charge in [-0.1, -0.05) is 17.8 Å². The molecule has 0 bridgehead atoms. The van der Waals surface area contributed by atoms with E-state index >= 15 is 0 Å². The summed E-state index contributed by atoms with van der Waals surface area (Å²) < 4.78 is 0. The molecule has 1 N–H and O–H groups in total. The highest BCUT2D eigenvalue weighted by Crippen LogP contribution is 2.28. The maximum atomic E-state index is 9.25.